The van der Waals surface area contributed by atoms with Gasteiger partial charge in [0.2, 0.25) is 0 Å². The number of amides is 1. The van der Waals surface area contributed by atoms with Crippen LogP contribution in [-0.4, -0.2) is 36.6 Å². The number of ether oxygens (including phenoxy) is 1. The summed E-state index contributed by atoms with van der Waals surface area (Å²) in [6, 6.07) is 8.86. The largest absolute Gasteiger partial charge is 0.508 e. The molecule has 0 saturated heterocycles. The third-order valence-electron chi connectivity index (χ3n) is 4.80. The van der Waals surface area contributed by atoms with Gasteiger partial charge in [-0.3, -0.25) is 4.79 Å². The number of hydrogen-bond donors (Lipinski definition) is 1. The van der Waals surface area contributed by atoms with E-state index in [1.165, 1.54) is 4.90 Å². The fourth-order valence-corrected chi connectivity index (χ4v) is 3.15. The highest BCUT2D eigenvalue weighted by Crippen LogP contribution is 2.33. The summed E-state index contributed by atoms with van der Waals surface area (Å²) in [5.41, 5.74) is 2.96. The Morgan fingerprint density at radius 1 is 1.07 bits per heavy atom. The zero-order valence-electron chi connectivity index (χ0n) is 17.5. The molecule has 0 saturated carbocycles. The van der Waals surface area contributed by atoms with E-state index in [0.29, 0.717) is 23.3 Å². The molecular formula is C23H30FNO3. The predicted molar refractivity (Wildman–Crippen MR) is 110 cm³/mol. The second kappa shape index (κ2) is 9.09. The van der Waals surface area contributed by atoms with Gasteiger partial charge in [-0.1, -0.05) is 39.8 Å². The molecule has 1 N–H and O–H groups in total. The van der Waals surface area contributed by atoms with Crippen LogP contribution >= 0.6 is 0 Å². The molecule has 0 spiro atoms. The summed E-state index contributed by atoms with van der Waals surface area (Å²) in [6.07, 6.45) is 0.427. The minimum atomic E-state index is -0.346. The molecule has 2 aromatic rings. The molecule has 0 bridgehead atoms. The normalized spacial score (nSPS) is 11.2. The highest BCUT2D eigenvalue weighted by Gasteiger charge is 2.18. The average Bonchev–Trinajstić information content (AvgIpc) is 2.62. The van der Waals surface area contributed by atoms with Crippen molar-refractivity contribution in [2.75, 3.05) is 20.7 Å². The van der Waals surface area contributed by atoms with E-state index in [1.807, 2.05) is 32.0 Å². The van der Waals surface area contributed by atoms with E-state index in [1.54, 1.807) is 26.2 Å². The van der Waals surface area contributed by atoms with E-state index < -0.39 is 0 Å². The molecule has 5 heteroatoms. The van der Waals surface area contributed by atoms with Crippen LogP contribution in [-0.2, 0) is 11.2 Å². The molecule has 0 aliphatic heterocycles. The lowest BCUT2D eigenvalue weighted by Crippen LogP contribution is -2.27. The van der Waals surface area contributed by atoms with Crippen LogP contribution in [0, 0.1) is 5.82 Å². The summed E-state index contributed by atoms with van der Waals surface area (Å²) >= 11 is 0. The van der Waals surface area contributed by atoms with E-state index in [0.717, 1.165) is 11.1 Å². The SMILES string of the molecule is CC(C)c1cc(OCC(=O)N(C)C)ccc1Cc1ccc(O)c(C(C)C)c1F. The van der Waals surface area contributed by atoms with Crippen molar-refractivity contribution < 1.29 is 19.0 Å². The number of phenolic OH excluding ortho intramolecular Hbond substituents is 1. The van der Waals surface area contributed by atoms with Gasteiger partial charge in [-0.05, 0) is 46.7 Å². The summed E-state index contributed by atoms with van der Waals surface area (Å²) in [5.74, 6) is 0.276. The van der Waals surface area contributed by atoms with E-state index in [2.05, 4.69) is 13.8 Å². The highest BCUT2D eigenvalue weighted by atomic mass is 19.1. The van der Waals surface area contributed by atoms with Crippen LogP contribution in [0.1, 0.15) is 61.8 Å². The smallest absolute Gasteiger partial charge is 0.259 e. The van der Waals surface area contributed by atoms with Gasteiger partial charge in [0.05, 0.1) is 0 Å². The summed E-state index contributed by atoms with van der Waals surface area (Å²) in [6.45, 7) is 7.85. The van der Waals surface area contributed by atoms with Crippen molar-refractivity contribution in [1.29, 1.82) is 0 Å². The fraction of sp³-hybridized carbons (Fsp3) is 0.435. The van der Waals surface area contributed by atoms with Gasteiger partial charge >= 0.3 is 0 Å². The van der Waals surface area contributed by atoms with Crippen LogP contribution in [0.3, 0.4) is 0 Å². The van der Waals surface area contributed by atoms with E-state index in [-0.39, 0.29) is 35.9 Å². The van der Waals surface area contributed by atoms with Crippen molar-refractivity contribution in [3.05, 3.63) is 58.4 Å². The van der Waals surface area contributed by atoms with Gasteiger partial charge in [0, 0.05) is 26.1 Å². The molecule has 0 aliphatic rings. The molecule has 0 heterocycles. The Morgan fingerprint density at radius 2 is 1.71 bits per heavy atom. The molecule has 2 rings (SSSR count). The van der Waals surface area contributed by atoms with Crippen molar-refractivity contribution in [2.24, 2.45) is 0 Å². The van der Waals surface area contributed by atoms with Gasteiger partial charge in [0.15, 0.2) is 6.61 Å². The number of nitrogens with zero attached hydrogens (tertiary/aromatic N) is 1. The van der Waals surface area contributed by atoms with Crippen molar-refractivity contribution in [1.82, 2.24) is 4.90 Å². The van der Waals surface area contributed by atoms with Crippen LogP contribution < -0.4 is 4.74 Å². The van der Waals surface area contributed by atoms with Crippen LogP contribution in [0.5, 0.6) is 11.5 Å². The molecule has 4 nitrogen and oxygen atoms in total. The Bertz CT molecular complexity index is 844. The molecule has 0 radical (unpaired) electrons. The topological polar surface area (TPSA) is 49.8 Å². The van der Waals surface area contributed by atoms with Crippen molar-refractivity contribution in [2.45, 2.75) is 46.0 Å². The lowest BCUT2D eigenvalue weighted by molar-refractivity contribution is -0.130. The second-order valence-corrected chi connectivity index (χ2v) is 7.90. The number of rotatable bonds is 7. The van der Waals surface area contributed by atoms with Crippen LogP contribution in [0.4, 0.5) is 4.39 Å². The lowest BCUT2D eigenvalue weighted by atomic mass is 9.90. The lowest BCUT2D eigenvalue weighted by Gasteiger charge is -2.18. The van der Waals surface area contributed by atoms with Crippen LogP contribution in [0.25, 0.3) is 0 Å². The van der Waals surface area contributed by atoms with Crippen LogP contribution in [0.15, 0.2) is 30.3 Å². The molecule has 0 aliphatic carbocycles. The van der Waals surface area contributed by atoms with E-state index in [4.69, 9.17) is 4.74 Å². The van der Waals surface area contributed by atoms with Gasteiger partial charge in [-0.2, -0.15) is 0 Å². The molecule has 0 unspecified atom stereocenters. The Kier molecular flexibility index (Phi) is 7.05. The molecule has 0 fully saturated rings. The van der Waals surface area contributed by atoms with Gasteiger partial charge in [0.1, 0.15) is 17.3 Å². The van der Waals surface area contributed by atoms with Crippen molar-refractivity contribution in [3.8, 4) is 11.5 Å². The molecule has 0 aromatic heterocycles. The fourth-order valence-electron chi connectivity index (χ4n) is 3.15. The van der Waals surface area contributed by atoms with Gasteiger partial charge in [-0.25, -0.2) is 4.39 Å². The van der Waals surface area contributed by atoms with Gasteiger partial charge < -0.3 is 14.7 Å². The number of carbonyl (C=O) groups is 1. The third kappa shape index (κ3) is 5.03. The number of aromatic hydroxyl groups is 1. The first-order chi connectivity index (χ1) is 13.1. The maximum absolute atomic E-state index is 14.9. The maximum atomic E-state index is 14.9. The van der Waals surface area contributed by atoms with E-state index >= 15 is 0 Å². The van der Waals surface area contributed by atoms with Crippen molar-refractivity contribution in [3.63, 3.8) is 0 Å². The minimum absolute atomic E-state index is 0.00496. The summed E-state index contributed by atoms with van der Waals surface area (Å²) in [5, 5.41) is 9.99. The van der Waals surface area contributed by atoms with Crippen molar-refractivity contribution >= 4 is 5.91 Å². The quantitative estimate of drug-likeness (QED) is 0.740. The summed E-state index contributed by atoms with van der Waals surface area (Å²) < 4.78 is 20.6. The Hall–Kier alpha value is -2.56. The first kappa shape index (κ1) is 21.7. The first-order valence-electron chi connectivity index (χ1n) is 9.57. The molecular weight excluding hydrogens is 357 g/mol. The Morgan fingerprint density at radius 3 is 2.29 bits per heavy atom. The number of likely N-dealkylation sites (N-methyl/N-ethyl adjacent to an activating group) is 1. The van der Waals surface area contributed by atoms with E-state index in [9.17, 15) is 14.3 Å². The zero-order chi connectivity index (χ0) is 21.0. The highest BCUT2D eigenvalue weighted by molar-refractivity contribution is 5.77. The van der Waals surface area contributed by atoms with Gasteiger partial charge in [-0.15, -0.1) is 0 Å². The number of phenols is 1. The third-order valence-corrected chi connectivity index (χ3v) is 4.80. The minimum Gasteiger partial charge on any atom is -0.508 e. The molecule has 28 heavy (non-hydrogen) atoms. The summed E-state index contributed by atoms with van der Waals surface area (Å²) in [7, 11) is 3.37. The zero-order valence-corrected chi connectivity index (χ0v) is 17.5. The molecule has 0 atom stereocenters. The second-order valence-electron chi connectivity index (χ2n) is 7.90. The Labute approximate surface area is 166 Å². The Balaban J connectivity index is 2.31. The standard InChI is InChI=1S/C23H30FNO3/c1-14(2)19-12-18(28-13-21(27)25(5)6)9-7-16(19)11-17-8-10-20(26)22(15(3)4)23(17)24/h7-10,12,14-15,26H,11,13H2,1-6H3. The monoisotopic (exact) mass is 387 g/mol. The molecule has 1 amide bonds. The average molecular weight is 387 g/mol. The number of carbonyl (C=O) groups excluding carboxylic acids is 1. The van der Waals surface area contributed by atoms with Crippen LogP contribution in [0.2, 0.25) is 0 Å². The number of halogens is 1. The molecule has 2 aromatic carbocycles. The first-order valence-corrected chi connectivity index (χ1v) is 9.57. The van der Waals surface area contributed by atoms with Gasteiger partial charge in [0.25, 0.3) is 5.91 Å². The maximum Gasteiger partial charge on any atom is 0.259 e. The number of hydrogen-bond acceptors (Lipinski definition) is 3. The summed E-state index contributed by atoms with van der Waals surface area (Å²) in [4.78, 5) is 13.2. The molecule has 152 valence electrons. The number of benzene rings is 2. The predicted octanol–water partition coefficient (Wildman–Crippen LogP) is 4.84.